The van der Waals surface area contributed by atoms with Gasteiger partial charge in [0, 0.05) is 6.61 Å². The molecular formula is C13H28O6. The Labute approximate surface area is 114 Å². The third-order valence-electron chi connectivity index (χ3n) is 3.01. The predicted octanol–water partition coefficient (Wildman–Crippen LogP) is -0.591. The lowest BCUT2D eigenvalue weighted by Gasteiger charge is -2.25. The Morgan fingerprint density at radius 1 is 0.842 bits per heavy atom. The Hall–Kier alpha value is -0.240. The molecule has 6 nitrogen and oxygen atoms in total. The van der Waals surface area contributed by atoms with Crippen molar-refractivity contribution >= 4 is 0 Å². The molecule has 0 saturated carbocycles. The van der Waals surface area contributed by atoms with Gasteiger partial charge in [0.05, 0.1) is 13.2 Å². The highest BCUT2D eigenvalue weighted by molar-refractivity contribution is 4.80. The number of rotatable bonds is 12. The second-order valence-electron chi connectivity index (χ2n) is 4.79. The minimum absolute atomic E-state index is 0.107. The van der Waals surface area contributed by atoms with E-state index in [0.717, 1.165) is 19.3 Å². The van der Waals surface area contributed by atoms with Crippen LogP contribution < -0.4 is 0 Å². The first kappa shape index (κ1) is 18.8. The molecule has 0 aliphatic carbocycles. The first-order chi connectivity index (χ1) is 9.04. The summed E-state index contributed by atoms with van der Waals surface area (Å²) in [5.74, 6) is 0. The fraction of sp³-hybridized carbons (Fsp3) is 1.00. The fourth-order valence-electron chi connectivity index (χ4n) is 1.67. The molecule has 0 fully saturated rings. The Kier molecular flexibility index (Phi) is 11.4. The zero-order valence-corrected chi connectivity index (χ0v) is 11.6. The van der Waals surface area contributed by atoms with Gasteiger partial charge in [-0.05, 0) is 6.42 Å². The van der Waals surface area contributed by atoms with Crippen LogP contribution in [0.5, 0.6) is 0 Å². The summed E-state index contributed by atoms with van der Waals surface area (Å²) in [5.41, 5.74) is 0. The van der Waals surface area contributed by atoms with Gasteiger partial charge in [0.15, 0.2) is 0 Å². The van der Waals surface area contributed by atoms with Crippen molar-refractivity contribution in [3.8, 4) is 0 Å². The van der Waals surface area contributed by atoms with E-state index in [1.54, 1.807) is 0 Å². The molecule has 6 heteroatoms. The van der Waals surface area contributed by atoms with Crippen LogP contribution in [0.2, 0.25) is 0 Å². The van der Waals surface area contributed by atoms with E-state index in [9.17, 15) is 15.3 Å². The van der Waals surface area contributed by atoms with E-state index in [0.29, 0.717) is 6.61 Å². The molecule has 0 amide bonds. The topological polar surface area (TPSA) is 110 Å². The molecule has 0 bridgehead atoms. The van der Waals surface area contributed by atoms with Crippen molar-refractivity contribution in [2.75, 3.05) is 19.8 Å². The highest BCUT2D eigenvalue weighted by atomic mass is 16.5. The van der Waals surface area contributed by atoms with Gasteiger partial charge in [-0.3, -0.25) is 0 Å². The molecule has 0 heterocycles. The number of hydrogen-bond donors (Lipinski definition) is 5. The van der Waals surface area contributed by atoms with Crippen LogP contribution in [0.25, 0.3) is 0 Å². The summed E-state index contributed by atoms with van der Waals surface area (Å²) >= 11 is 0. The fourth-order valence-corrected chi connectivity index (χ4v) is 1.67. The lowest BCUT2D eigenvalue weighted by molar-refractivity contribution is -0.129. The molecule has 116 valence electrons. The maximum Gasteiger partial charge on any atom is 0.111 e. The van der Waals surface area contributed by atoms with E-state index in [-0.39, 0.29) is 6.61 Å². The second kappa shape index (κ2) is 11.6. The molecular weight excluding hydrogens is 252 g/mol. The number of hydrogen-bond acceptors (Lipinski definition) is 6. The largest absolute Gasteiger partial charge is 0.394 e. The number of ether oxygens (including phenoxy) is 1. The normalized spacial score (nSPS) is 18.0. The van der Waals surface area contributed by atoms with Crippen molar-refractivity contribution in [1.29, 1.82) is 0 Å². The lowest BCUT2D eigenvalue weighted by Crippen LogP contribution is -2.47. The molecule has 0 aliphatic rings. The molecule has 5 N–H and O–H groups in total. The maximum absolute atomic E-state index is 9.55. The Morgan fingerprint density at radius 3 is 2.00 bits per heavy atom. The molecule has 0 aromatic carbocycles. The van der Waals surface area contributed by atoms with Gasteiger partial charge in [0.25, 0.3) is 0 Å². The van der Waals surface area contributed by atoms with Crippen molar-refractivity contribution in [1.82, 2.24) is 0 Å². The third kappa shape index (κ3) is 8.52. The summed E-state index contributed by atoms with van der Waals surface area (Å²) in [6, 6.07) is 0. The van der Waals surface area contributed by atoms with Gasteiger partial charge in [0.2, 0.25) is 0 Å². The molecule has 0 aromatic rings. The molecule has 0 saturated heterocycles. The van der Waals surface area contributed by atoms with Crippen molar-refractivity contribution in [3.63, 3.8) is 0 Å². The molecule has 0 rings (SSSR count). The first-order valence-corrected chi connectivity index (χ1v) is 6.95. The molecule has 19 heavy (non-hydrogen) atoms. The Balaban J connectivity index is 3.64. The minimum Gasteiger partial charge on any atom is -0.394 e. The van der Waals surface area contributed by atoms with Crippen LogP contribution in [0.4, 0.5) is 0 Å². The van der Waals surface area contributed by atoms with Crippen LogP contribution in [0, 0.1) is 0 Å². The molecule has 4 atom stereocenters. The summed E-state index contributed by atoms with van der Waals surface area (Å²) in [6.45, 7) is 1.85. The zero-order valence-electron chi connectivity index (χ0n) is 11.6. The van der Waals surface area contributed by atoms with Crippen LogP contribution in [-0.4, -0.2) is 69.8 Å². The van der Waals surface area contributed by atoms with Crippen molar-refractivity contribution in [2.24, 2.45) is 0 Å². The minimum atomic E-state index is -1.59. The van der Waals surface area contributed by atoms with Crippen molar-refractivity contribution < 1.29 is 30.3 Å². The van der Waals surface area contributed by atoms with Crippen molar-refractivity contribution in [3.05, 3.63) is 0 Å². The van der Waals surface area contributed by atoms with E-state index in [1.165, 1.54) is 12.8 Å². The van der Waals surface area contributed by atoms with Crippen LogP contribution in [0.15, 0.2) is 0 Å². The molecule has 0 spiro atoms. The van der Waals surface area contributed by atoms with E-state index in [2.05, 4.69) is 6.92 Å². The van der Waals surface area contributed by atoms with Crippen molar-refractivity contribution in [2.45, 2.75) is 63.4 Å². The van der Waals surface area contributed by atoms with Gasteiger partial charge in [-0.2, -0.15) is 0 Å². The zero-order chi connectivity index (χ0) is 14.7. The highest BCUT2D eigenvalue weighted by Gasteiger charge is 2.29. The van der Waals surface area contributed by atoms with Gasteiger partial charge in [-0.15, -0.1) is 0 Å². The summed E-state index contributed by atoms with van der Waals surface area (Å²) < 4.78 is 5.20. The molecule has 0 radical (unpaired) electrons. The Bertz CT molecular complexity index is 202. The van der Waals surface area contributed by atoms with Gasteiger partial charge in [-0.1, -0.05) is 32.6 Å². The number of unbranched alkanes of at least 4 members (excludes halogenated alkanes) is 4. The number of aliphatic hydroxyl groups is 5. The van der Waals surface area contributed by atoms with Crippen LogP contribution in [0.3, 0.4) is 0 Å². The molecule has 0 aromatic heterocycles. The summed E-state index contributed by atoms with van der Waals surface area (Å²) in [4.78, 5) is 0. The van der Waals surface area contributed by atoms with Crippen LogP contribution in [-0.2, 0) is 4.74 Å². The average Bonchev–Trinajstić information content (AvgIpc) is 2.43. The standard InChI is InChI=1S/C13H28O6/c1-2-3-4-5-6-7-19-9-11(16)13(18)12(17)10(15)8-14/h10-18H,2-9H2,1H3. The summed E-state index contributed by atoms with van der Waals surface area (Å²) in [6.07, 6.45) is -0.389. The first-order valence-electron chi connectivity index (χ1n) is 6.95. The second-order valence-corrected chi connectivity index (χ2v) is 4.79. The monoisotopic (exact) mass is 280 g/mol. The quantitative estimate of drug-likeness (QED) is 0.306. The van der Waals surface area contributed by atoms with E-state index in [4.69, 9.17) is 14.9 Å². The Morgan fingerprint density at radius 2 is 1.42 bits per heavy atom. The van der Waals surface area contributed by atoms with E-state index < -0.39 is 31.0 Å². The van der Waals surface area contributed by atoms with Gasteiger partial charge >= 0.3 is 0 Å². The van der Waals surface area contributed by atoms with Crippen LogP contribution >= 0.6 is 0 Å². The highest BCUT2D eigenvalue weighted by Crippen LogP contribution is 2.07. The SMILES string of the molecule is CCCCCCCOCC(O)C(O)C(O)C(O)CO. The van der Waals surface area contributed by atoms with E-state index >= 15 is 0 Å². The average molecular weight is 280 g/mol. The van der Waals surface area contributed by atoms with Gasteiger partial charge < -0.3 is 30.3 Å². The smallest absolute Gasteiger partial charge is 0.111 e. The van der Waals surface area contributed by atoms with Gasteiger partial charge in [0.1, 0.15) is 24.4 Å². The number of aliphatic hydroxyl groups excluding tert-OH is 5. The summed E-state index contributed by atoms with van der Waals surface area (Å²) in [7, 11) is 0. The third-order valence-corrected chi connectivity index (χ3v) is 3.01. The lowest BCUT2D eigenvalue weighted by atomic mass is 10.0. The maximum atomic E-state index is 9.55. The molecule has 4 unspecified atom stereocenters. The van der Waals surface area contributed by atoms with E-state index in [1.807, 2.05) is 0 Å². The predicted molar refractivity (Wildman–Crippen MR) is 70.7 cm³/mol. The summed E-state index contributed by atoms with van der Waals surface area (Å²) in [5, 5.41) is 46.2. The van der Waals surface area contributed by atoms with Gasteiger partial charge in [-0.25, -0.2) is 0 Å². The van der Waals surface area contributed by atoms with Crippen LogP contribution in [0.1, 0.15) is 39.0 Å². The molecule has 0 aliphatic heterocycles.